The van der Waals surface area contributed by atoms with Crippen molar-refractivity contribution in [2.24, 2.45) is 11.8 Å². The zero-order valence-corrected chi connectivity index (χ0v) is 21.7. The average molecular weight is 534 g/mol. The van der Waals surface area contributed by atoms with E-state index in [0.29, 0.717) is 25.7 Å². The van der Waals surface area contributed by atoms with Gasteiger partial charge in [-0.15, -0.1) is 0 Å². The summed E-state index contributed by atoms with van der Waals surface area (Å²) in [4.78, 5) is 25.0. The summed E-state index contributed by atoms with van der Waals surface area (Å²) in [6, 6.07) is 2.43. The van der Waals surface area contributed by atoms with Crippen LogP contribution >= 0.6 is 0 Å². The molecule has 1 saturated carbocycles. The Morgan fingerprint density at radius 1 is 1.11 bits per heavy atom. The summed E-state index contributed by atoms with van der Waals surface area (Å²) in [5.74, 6) is -0.442. The van der Waals surface area contributed by atoms with Gasteiger partial charge in [-0.3, -0.25) is 4.79 Å². The van der Waals surface area contributed by atoms with Gasteiger partial charge in [0, 0.05) is 19.1 Å². The molecule has 0 radical (unpaired) electrons. The van der Waals surface area contributed by atoms with E-state index in [9.17, 15) is 31.2 Å². The predicted molar refractivity (Wildman–Crippen MR) is 126 cm³/mol. The minimum absolute atomic E-state index is 0.0305. The maximum absolute atomic E-state index is 13.1. The van der Waals surface area contributed by atoms with E-state index >= 15 is 0 Å². The number of nitrogens with one attached hydrogen (secondary N) is 2. The lowest BCUT2D eigenvalue weighted by molar-refractivity contribution is -0.137. The van der Waals surface area contributed by atoms with Crippen LogP contribution in [0.25, 0.3) is 0 Å². The van der Waals surface area contributed by atoms with Crippen molar-refractivity contribution in [2.45, 2.75) is 82.1 Å². The molecule has 0 bridgehead atoms. The van der Waals surface area contributed by atoms with Crippen LogP contribution in [-0.2, 0) is 25.7 Å². The van der Waals surface area contributed by atoms with Crippen LogP contribution in [-0.4, -0.2) is 55.5 Å². The molecule has 3 rings (SSSR count). The van der Waals surface area contributed by atoms with Crippen LogP contribution in [0.3, 0.4) is 0 Å². The first kappa shape index (κ1) is 28.2. The number of hydrogen-bond acceptors (Lipinski definition) is 5. The van der Waals surface area contributed by atoms with Gasteiger partial charge in [-0.25, -0.2) is 13.2 Å². The maximum atomic E-state index is 13.1. The van der Waals surface area contributed by atoms with Crippen LogP contribution in [0.5, 0.6) is 0 Å². The summed E-state index contributed by atoms with van der Waals surface area (Å²) >= 11 is 0. The Kier molecular flexibility index (Phi) is 8.29. The molecule has 12 heteroatoms. The molecule has 1 saturated heterocycles. The fourth-order valence-electron chi connectivity index (χ4n) is 4.86. The molecule has 1 aliphatic carbocycles. The van der Waals surface area contributed by atoms with Crippen molar-refractivity contribution in [3.8, 4) is 0 Å². The van der Waals surface area contributed by atoms with E-state index in [2.05, 4.69) is 10.6 Å². The highest BCUT2D eigenvalue weighted by atomic mass is 32.2. The number of nitrogens with zero attached hydrogens (tertiary/aromatic N) is 1. The first-order chi connectivity index (χ1) is 16.6. The molecule has 1 aliphatic heterocycles. The fourth-order valence-corrected chi connectivity index (χ4v) is 6.39. The highest BCUT2D eigenvalue weighted by Gasteiger charge is 2.47. The minimum Gasteiger partial charge on any atom is -0.444 e. The van der Waals surface area contributed by atoms with Crippen molar-refractivity contribution in [3.05, 3.63) is 29.8 Å². The molecule has 2 aliphatic rings. The van der Waals surface area contributed by atoms with Gasteiger partial charge < -0.3 is 15.4 Å². The van der Waals surface area contributed by atoms with Crippen LogP contribution in [0.1, 0.15) is 58.9 Å². The van der Waals surface area contributed by atoms with Gasteiger partial charge in [0.05, 0.1) is 10.5 Å². The third-order valence-corrected chi connectivity index (χ3v) is 8.40. The van der Waals surface area contributed by atoms with Crippen LogP contribution < -0.4 is 10.6 Å². The Balaban J connectivity index is 1.65. The Morgan fingerprint density at radius 3 is 2.31 bits per heavy atom. The average Bonchev–Trinajstić information content (AvgIpc) is 3.34. The van der Waals surface area contributed by atoms with Gasteiger partial charge in [0.2, 0.25) is 15.9 Å². The van der Waals surface area contributed by atoms with Crippen LogP contribution in [0.4, 0.5) is 18.0 Å². The van der Waals surface area contributed by atoms with Crippen molar-refractivity contribution in [2.75, 3.05) is 13.1 Å². The molecule has 0 unspecified atom stereocenters. The van der Waals surface area contributed by atoms with Gasteiger partial charge in [-0.05, 0) is 76.1 Å². The van der Waals surface area contributed by atoms with Crippen LogP contribution in [0.2, 0.25) is 0 Å². The van der Waals surface area contributed by atoms with Gasteiger partial charge in [0.25, 0.3) is 0 Å². The molecule has 2 fully saturated rings. The molecule has 0 spiro atoms. The zero-order valence-electron chi connectivity index (χ0n) is 20.9. The minimum atomic E-state index is -4.55. The third kappa shape index (κ3) is 6.70. The van der Waals surface area contributed by atoms with Crippen LogP contribution in [0.15, 0.2) is 29.2 Å². The molecule has 4 atom stereocenters. The van der Waals surface area contributed by atoms with Crippen molar-refractivity contribution >= 4 is 22.0 Å². The molecule has 2 amide bonds. The van der Waals surface area contributed by atoms with E-state index in [1.165, 1.54) is 4.31 Å². The second kappa shape index (κ2) is 10.6. The predicted octanol–water partition coefficient (Wildman–Crippen LogP) is 3.91. The van der Waals surface area contributed by atoms with E-state index in [4.69, 9.17) is 4.74 Å². The number of ether oxygens (including phenoxy) is 1. The van der Waals surface area contributed by atoms with Crippen molar-refractivity contribution in [1.29, 1.82) is 0 Å². The van der Waals surface area contributed by atoms with Gasteiger partial charge in [-0.1, -0.05) is 13.3 Å². The van der Waals surface area contributed by atoms with E-state index in [1.54, 1.807) is 20.8 Å². The number of rotatable bonds is 7. The summed E-state index contributed by atoms with van der Waals surface area (Å²) < 4.78 is 71.2. The quantitative estimate of drug-likeness (QED) is 0.553. The SMILES string of the molecule is CCC[C@H](NC(=O)OC(C)(C)C)C(=O)N[C@@H]1CC[C@H]2CN(S(=O)(=O)c3ccc(C(F)(F)F)cc3)C[C@H]21. The monoisotopic (exact) mass is 533 g/mol. The standard InChI is InChI=1S/C24H34F3N3O5S/c1-5-6-20(29-22(32)35-23(2,3)4)21(31)28-19-12-7-15-13-30(14-18(15)19)36(33,34)17-10-8-16(9-11-17)24(25,26)27/h8-11,15,18-20H,5-7,12-14H2,1-4H3,(H,28,31)(H,29,32)/t15-,18+,19+,20-/m0/s1. The molecular weight excluding hydrogens is 499 g/mol. The second-order valence-electron chi connectivity index (χ2n) is 10.4. The normalized spacial score (nSPS) is 23.7. The molecule has 2 N–H and O–H groups in total. The number of benzene rings is 1. The number of halogens is 3. The lowest BCUT2D eigenvalue weighted by atomic mass is 9.97. The lowest BCUT2D eigenvalue weighted by Gasteiger charge is -2.26. The number of alkyl halides is 3. The summed E-state index contributed by atoms with van der Waals surface area (Å²) in [5.41, 5.74) is -1.62. The molecule has 0 aromatic heterocycles. The van der Waals surface area contributed by atoms with Gasteiger partial charge in [-0.2, -0.15) is 17.5 Å². The number of hydrogen-bond donors (Lipinski definition) is 2. The Labute approximate surface area is 210 Å². The smallest absolute Gasteiger partial charge is 0.416 e. The number of amides is 2. The zero-order chi connectivity index (χ0) is 26.9. The summed E-state index contributed by atoms with van der Waals surface area (Å²) in [6.45, 7) is 7.48. The van der Waals surface area contributed by atoms with E-state index in [0.717, 1.165) is 24.3 Å². The topological polar surface area (TPSA) is 105 Å². The summed E-state index contributed by atoms with van der Waals surface area (Å²) in [5, 5.41) is 5.60. The number of alkyl carbamates (subject to hydrolysis) is 1. The Bertz CT molecular complexity index is 1050. The number of carbonyl (C=O) groups is 2. The molecule has 202 valence electrons. The van der Waals surface area contributed by atoms with Gasteiger partial charge >= 0.3 is 12.3 Å². The lowest BCUT2D eigenvalue weighted by Crippen LogP contribution is -2.51. The molecule has 1 aromatic carbocycles. The van der Waals surface area contributed by atoms with Gasteiger partial charge in [0.1, 0.15) is 11.6 Å². The molecule has 8 nitrogen and oxygen atoms in total. The largest absolute Gasteiger partial charge is 0.444 e. The van der Waals surface area contributed by atoms with Crippen molar-refractivity contribution < 1.29 is 35.9 Å². The van der Waals surface area contributed by atoms with Crippen LogP contribution in [0, 0.1) is 11.8 Å². The number of sulfonamides is 1. The van der Waals surface area contributed by atoms with Crippen molar-refractivity contribution in [3.63, 3.8) is 0 Å². The van der Waals surface area contributed by atoms with E-state index in [1.807, 2.05) is 6.92 Å². The number of carbonyl (C=O) groups excluding carboxylic acids is 2. The first-order valence-electron chi connectivity index (χ1n) is 12.1. The summed E-state index contributed by atoms with van der Waals surface area (Å²) in [7, 11) is -3.97. The molecule has 1 aromatic rings. The Hall–Kier alpha value is -2.34. The molecule has 36 heavy (non-hydrogen) atoms. The fraction of sp³-hybridized carbons (Fsp3) is 0.667. The highest BCUT2D eigenvalue weighted by molar-refractivity contribution is 7.89. The van der Waals surface area contributed by atoms with Crippen molar-refractivity contribution in [1.82, 2.24) is 14.9 Å². The summed E-state index contributed by atoms with van der Waals surface area (Å²) in [6.07, 6.45) is -2.76. The highest BCUT2D eigenvalue weighted by Crippen LogP contribution is 2.40. The van der Waals surface area contributed by atoms with E-state index in [-0.39, 0.29) is 41.8 Å². The molecular formula is C24H34F3N3O5S. The first-order valence-corrected chi connectivity index (χ1v) is 13.5. The third-order valence-electron chi connectivity index (χ3n) is 6.56. The number of fused-ring (bicyclic) bond motifs is 1. The Morgan fingerprint density at radius 2 is 1.75 bits per heavy atom. The van der Waals surface area contributed by atoms with Gasteiger partial charge in [0.15, 0.2) is 0 Å². The van der Waals surface area contributed by atoms with E-state index < -0.39 is 39.5 Å². The second-order valence-corrected chi connectivity index (χ2v) is 12.4. The molecule has 1 heterocycles. The maximum Gasteiger partial charge on any atom is 0.416 e.